The Bertz CT molecular complexity index is 912. The third-order valence-corrected chi connectivity index (χ3v) is 6.86. The lowest BCUT2D eigenvalue weighted by Crippen LogP contribution is -2.12. The number of ketones is 1. The molecule has 37 heavy (non-hydrogen) atoms. The van der Waals surface area contributed by atoms with Crippen molar-refractivity contribution < 1.29 is 23.9 Å². The van der Waals surface area contributed by atoms with E-state index in [4.69, 9.17) is 9.47 Å². The maximum Gasteiger partial charge on any atom is 0.308 e. The minimum Gasteiger partial charge on any atom is -0.426 e. The molecule has 0 saturated heterocycles. The monoisotopic (exact) mass is 514 g/mol. The number of Topliss-reactive ketones (excluding diaryl/α,β-unsaturated/α-hetero) is 1. The first-order valence-corrected chi connectivity index (χ1v) is 14.1. The molecule has 0 aliphatic rings. The van der Waals surface area contributed by atoms with E-state index in [1.165, 1.54) is 71.3 Å². The second kappa shape index (κ2) is 17.1. The summed E-state index contributed by atoms with van der Waals surface area (Å²) in [7, 11) is 0. The molecule has 5 heteroatoms. The van der Waals surface area contributed by atoms with E-state index in [2.05, 4.69) is 40.7 Å². The Morgan fingerprint density at radius 2 is 1.30 bits per heavy atom. The van der Waals surface area contributed by atoms with Crippen molar-refractivity contribution in [2.24, 2.45) is 17.8 Å². The number of esters is 2. The van der Waals surface area contributed by atoms with Gasteiger partial charge in [-0.05, 0) is 62.5 Å². The molecule has 5 nitrogen and oxygen atoms in total. The summed E-state index contributed by atoms with van der Waals surface area (Å²) < 4.78 is 10.6. The summed E-state index contributed by atoms with van der Waals surface area (Å²) in [5.41, 5.74) is 2.11. The van der Waals surface area contributed by atoms with E-state index in [0.29, 0.717) is 12.0 Å². The lowest BCUT2D eigenvalue weighted by Gasteiger charge is -2.16. The molecule has 0 bridgehead atoms. The van der Waals surface area contributed by atoms with Gasteiger partial charge in [0.05, 0.1) is 0 Å². The topological polar surface area (TPSA) is 69.7 Å². The van der Waals surface area contributed by atoms with Crippen LogP contribution in [0.25, 0.3) is 0 Å². The molecule has 0 aliphatic heterocycles. The summed E-state index contributed by atoms with van der Waals surface area (Å²) >= 11 is 0. The summed E-state index contributed by atoms with van der Waals surface area (Å²) in [6.07, 6.45) is 14.0. The molecule has 0 radical (unpaired) electrons. The maximum absolute atomic E-state index is 12.3. The Kier molecular flexibility index (Phi) is 15.1. The summed E-state index contributed by atoms with van der Waals surface area (Å²) in [4.78, 5) is 35.5. The SMILES string of the molecule is CC(=O)Oc1ccc(C/C=C(\C)CCCC(C)CCCC(C)CCCC(C)C)c(OC(C)=O)c1C(C)=O. The molecule has 0 N–H and O–H groups in total. The van der Waals surface area contributed by atoms with Gasteiger partial charge >= 0.3 is 11.9 Å². The van der Waals surface area contributed by atoms with Gasteiger partial charge in [0.2, 0.25) is 0 Å². The van der Waals surface area contributed by atoms with Gasteiger partial charge in [-0.15, -0.1) is 0 Å². The molecule has 0 saturated carbocycles. The quantitative estimate of drug-likeness (QED) is 0.0900. The summed E-state index contributed by atoms with van der Waals surface area (Å²) in [6, 6.07) is 3.34. The molecule has 2 atom stereocenters. The van der Waals surface area contributed by atoms with Crippen molar-refractivity contribution in [3.63, 3.8) is 0 Å². The molecular weight excluding hydrogens is 464 g/mol. The fraction of sp³-hybridized carbons (Fsp3) is 0.656. The van der Waals surface area contributed by atoms with Crippen LogP contribution >= 0.6 is 0 Å². The Morgan fingerprint density at radius 3 is 1.81 bits per heavy atom. The van der Waals surface area contributed by atoms with Gasteiger partial charge in [-0.3, -0.25) is 14.4 Å². The van der Waals surface area contributed by atoms with Crippen LogP contribution in [0.5, 0.6) is 11.5 Å². The fourth-order valence-corrected chi connectivity index (χ4v) is 4.70. The highest BCUT2D eigenvalue weighted by Crippen LogP contribution is 2.34. The summed E-state index contributed by atoms with van der Waals surface area (Å²) in [5.74, 6) is 1.28. The molecule has 0 fully saturated rings. The van der Waals surface area contributed by atoms with Crippen LogP contribution < -0.4 is 9.47 Å². The predicted octanol–water partition coefficient (Wildman–Crippen LogP) is 8.67. The Morgan fingerprint density at radius 1 is 0.757 bits per heavy atom. The number of benzene rings is 1. The third-order valence-electron chi connectivity index (χ3n) is 6.86. The minimum absolute atomic E-state index is 0.111. The average molecular weight is 515 g/mol. The van der Waals surface area contributed by atoms with Crippen LogP contribution in [0.4, 0.5) is 0 Å². The van der Waals surface area contributed by atoms with Crippen LogP contribution in [0.3, 0.4) is 0 Å². The van der Waals surface area contributed by atoms with Crippen LogP contribution in [0.2, 0.25) is 0 Å². The molecule has 0 amide bonds. The smallest absolute Gasteiger partial charge is 0.308 e. The fourth-order valence-electron chi connectivity index (χ4n) is 4.70. The zero-order valence-electron chi connectivity index (χ0n) is 24.6. The predicted molar refractivity (Wildman–Crippen MR) is 151 cm³/mol. The van der Waals surface area contributed by atoms with E-state index in [9.17, 15) is 14.4 Å². The minimum atomic E-state index is -0.537. The Balaban J connectivity index is 2.63. The van der Waals surface area contributed by atoms with E-state index in [1.54, 1.807) is 12.1 Å². The van der Waals surface area contributed by atoms with E-state index in [0.717, 1.165) is 30.6 Å². The highest BCUT2D eigenvalue weighted by Gasteiger charge is 2.21. The first kappa shape index (κ1) is 32.6. The Labute approximate surface area is 225 Å². The molecule has 0 heterocycles. The number of carbonyl (C=O) groups excluding carboxylic acids is 3. The lowest BCUT2D eigenvalue weighted by molar-refractivity contribution is -0.132. The van der Waals surface area contributed by atoms with Gasteiger partial charge in [-0.1, -0.05) is 90.4 Å². The van der Waals surface area contributed by atoms with E-state index >= 15 is 0 Å². The first-order chi connectivity index (χ1) is 17.4. The van der Waals surface area contributed by atoms with Crippen molar-refractivity contribution in [2.75, 3.05) is 0 Å². The number of ether oxygens (including phenoxy) is 2. The highest BCUT2D eigenvalue weighted by molar-refractivity contribution is 6.01. The summed E-state index contributed by atoms with van der Waals surface area (Å²) in [6.45, 7) is 15.4. The van der Waals surface area contributed by atoms with Gasteiger partial charge in [0.25, 0.3) is 0 Å². The van der Waals surface area contributed by atoms with Gasteiger partial charge in [0.15, 0.2) is 5.78 Å². The largest absolute Gasteiger partial charge is 0.426 e. The van der Waals surface area contributed by atoms with Gasteiger partial charge in [0.1, 0.15) is 17.1 Å². The zero-order chi connectivity index (χ0) is 28.0. The summed E-state index contributed by atoms with van der Waals surface area (Å²) in [5, 5.41) is 0. The average Bonchev–Trinajstić information content (AvgIpc) is 2.77. The van der Waals surface area contributed by atoms with Crippen molar-refractivity contribution in [1.29, 1.82) is 0 Å². The van der Waals surface area contributed by atoms with Gasteiger partial charge < -0.3 is 9.47 Å². The molecule has 208 valence electrons. The zero-order valence-corrected chi connectivity index (χ0v) is 24.6. The molecule has 0 aliphatic carbocycles. The van der Waals surface area contributed by atoms with E-state index in [1.807, 2.05) is 0 Å². The number of hydrogen-bond acceptors (Lipinski definition) is 5. The second-order valence-corrected chi connectivity index (χ2v) is 11.3. The van der Waals surface area contributed by atoms with Gasteiger partial charge in [-0.2, -0.15) is 0 Å². The second-order valence-electron chi connectivity index (χ2n) is 11.3. The molecule has 0 spiro atoms. The van der Waals surface area contributed by atoms with Crippen LogP contribution in [0, 0.1) is 17.8 Å². The van der Waals surface area contributed by atoms with Crippen LogP contribution in [0.1, 0.15) is 129 Å². The molecule has 2 unspecified atom stereocenters. The molecule has 1 rings (SSSR count). The number of carbonyl (C=O) groups is 3. The molecule has 0 aromatic heterocycles. The standard InChI is InChI=1S/C32H50O5/c1-22(2)12-9-13-23(3)14-10-15-24(4)16-11-17-25(5)18-19-29-20-21-30(36-27(7)34)31(26(6)33)32(29)37-28(8)35/h18,20-24H,9-17,19H2,1-8H3/b25-18+. The maximum atomic E-state index is 12.3. The first-order valence-electron chi connectivity index (χ1n) is 14.1. The van der Waals surface area contributed by atoms with Gasteiger partial charge in [0, 0.05) is 13.8 Å². The lowest BCUT2D eigenvalue weighted by atomic mass is 9.91. The van der Waals surface area contributed by atoms with Crippen molar-refractivity contribution in [2.45, 2.75) is 120 Å². The van der Waals surface area contributed by atoms with Crippen LogP contribution in [0.15, 0.2) is 23.8 Å². The van der Waals surface area contributed by atoms with Crippen molar-refractivity contribution in [3.05, 3.63) is 34.9 Å². The van der Waals surface area contributed by atoms with Gasteiger partial charge in [-0.25, -0.2) is 0 Å². The Hall–Kier alpha value is -2.43. The number of hydrogen-bond donors (Lipinski definition) is 0. The van der Waals surface area contributed by atoms with Crippen LogP contribution in [-0.2, 0) is 16.0 Å². The van der Waals surface area contributed by atoms with Crippen molar-refractivity contribution >= 4 is 17.7 Å². The number of rotatable bonds is 17. The molecule has 1 aromatic carbocycles. The molecular formula is C32H50O5. The van der Waals surface area contributed by atoms with Crippen molar-refractivity contribution in [1.82, 2.24) is 0 Å². The third kappa shape index (κ3) is 13.6. The van der Waals surface area contributed by atoms with Crippen LogP contribution in [-0.4, -0.2) is 17.7 Å². The number of allylic oxidation sites excluding steroid dienone is 2. The van der Waals surface area contributed by atoms with E-state index < -0.39 is 11.9 Å². The molecule has 1 aromatic rings. The van der Waals surface area contributed by atoms with E-state index in [-0.39, 0.29) is 22.8 Å². The normalized spacial score (nSPS) is 13.4. The highest BCUT2D eigenvalue weighted by atomic mass is 16.5. The van der Waals surface area contributed by atoms with Crippen molar-refractivity contribution in [3.8, 4) is 11.5 Å².